The molecule has 1 aliphatic rings. The second-order valence-electron chi connectivity index (χ2n) is 7.37. The molecule has 1 unspecified atom stereocenters. The van der Waals surface area contributed by atoms with Crippen molar-refractivity contribution in [2.75, 3.05) is 60.5 Å². The van der Waals surface area contributed by atoms with Gasteiger partial charge in [0, 0.05) is 38.4 Å². The molecule has 2 N–H and O–H groups in total. The molecule has 0 amide bonds. The number of ether oxygens (including phenoxy) is 1. The maximum atomic E-state index is 5.55. The van der Waals surface area contributed by atoms with E-state index in [9.17, 15) is 0 Å². The highest BCUT2D eigenvalue weighted by atomic mass is 16.5. The number of rotatable bonds is 10. The Morgan fingerprint density at radius 3 is 2.36 bits per heavy atom. The van der Waals surface area contributed by atoms with Crippen LogP contribution in [0.15, 0.2) is 4.99 Å². The lowest BCUT2D eigenvalue weighted by Crippen LogP contribution is -2.57. The maximum Gasteiger partial charge on any atom is 0.191 e. The average molecular weight is 356 g/mol. The Bertz CT molecular complexity index is 376. The highest BCUT2D eigenvalue weighted by molar-refractivity contribution is 5.80. The monoisotopic (exact) mass is 355 g/mol. The summed E-state index contributed by atoms with van der Waals surface area (Å²) in [5.74, 6) is 0.906. The molecular weight excluding hydrogens is 314 g/mol. The fourth-order valence-electron chi connectivity index (χ4n) is 3.44. The van der Waals surface area contributed by atoms with Gasteiger partial charge in [0.2, 0.25) is 0 Å². The highest BCUT2D eigenvalue weighted by Crippen LogP contribution is 2.24. The summed E-state index contributed by atoms with van der Waals surface area (Å²) >= 11 is 0. The van der Waals surface area contributed by atoms with Gasteiger partial charge in [-0.15, -0.1) is 0 Å². The van der Waals surface area contributed by atoms with E-state index in [4.69, 9.17) is 4.74 Å². The van der Waals surface area contributed by atoms with Crippen LogP contribution >= 0.6 is 0 Å². The van der Waals surface area contributed by atoms with Crippen LogP contribution in [0.25, 0.3) is 0 Å². The first kappa shape index (κ1) is 22.2. The molecule has 0 saturated carbocycles. The summed E-state index contributed by atoms with van der Waals surface area (Å²) in [6, 6.07) is 0.423. The minimum Gasteiger partial charge on any atom is -0.381 e. The lowest BCUT2D eigenvalue weighted by molar-refractivity contribution is -0.00502. The third-order valence-corrected chi connectivity index (χ3v) is 5.57. The molecule has 25 heavy (non-hydrogen) atoms. The van der Waals surface area contributed by atoms with Crippen molar-refractivity contribution in [3.63, 3.8) is 0 Å². The van der Waals surface area contributed by atoms with E-state index in [0.29, 0.717) is 6.04 Å². The smallest absolute Gasteiger partial charge is 0.191 e. The first-order chi connectivity index (χ1) is 12.0. The van der Waals surface area contributed by atoms with Crippen molar-refractivity contribution >= 4 is 5.96 Å². The molecule has 0 aromatic carbocycles. The lowest BCUT2D eigenvalue weighted by atomic mass is 9.88. The molecule has 1 fully saturated rings. The predicted octanol–water partition coefficient (Wildman–Crippen LogP) is 1.77. The first-order valence-corrected chi connectivity index (χ1v) is 9.92. The van der Waals surface area contributed by atoms with Gasteiger partial charge in [0.05, 0.1) is 0 Å². The van der Waals surface area contributed by atoms with E-state index < -0.39 is 0 Å². The molecule has 148 valence electrons. The molecule has 0 radical (unpaired) electrons. The molecule has 0 aromatic heterocycles. The second kappa shape index (κ2) is 11.7. The molecule has 1 saturated heterocycles. The number of hydrogen-bond acceptors (Lipinski definition) is 4. The number of likely N-dealkylation sites (N-methyl/N-ethyl adjacent to an activating group) is 1. The normalized spacial score (nSPS) is 19.3. The largest absolute Gasteiger partial charge is 0.381 e. The van der Waals surface area contributed by atoms with Crippen LogP contribution in [-0.2, 0) is 4.74 Å². The van der Waals surface area contributed by atoms with Gasteiger partial charge in [-0.3, -0.25) is 4.99 Å². The first-order valence-electron chi connectivity index (χ1n) is 9.92. The Hall–Kier alpha value is -0.850. The van der Waals surface area contributed by atoms with Gasteiger partial charge in [-0.2, -0.15) is 0 Å². The second-order valence-corrected chi connectivity index (χ2v) is 7.37. The zero-order chi connectivity index (χ0) is 18.7. The van der Waals surface area contributed by atoms with Crippen molar-refractivity contribution in [3.05, 3.63) is 0 Å². The summed E-state index contributed by atoms with van der Waals surface area (Å²) in [7, 11) is 6.18. The van der Waals surface area contributed by atoms with Gasteiger partial charge in [0.25, 0.3) is 0 Å². The molecule has 1 heterocycles. The van der Waals surface area contributed by atoms with Crippen molar-refractivity contribution in [3.8, 4) is 0 Å². The molecule has 0 bridgehead atoms. The average Bonchev–Trinajstić information content (AvgIpc) is 2.62. The number of nitrogens with one attached hydrogen (secondary N) is 2. The van der Waals surface area contributed by atoms with Crippen LogP contribution in [0.4, 0.5) is 0 Å². The van der Waals surface area contributed by atoms with E-state index in [1.807, 2.05) is 7.05 Å². The minimum absolute atomic E-state index is 0.155. The van der Waals surface area contributed by atoms with Crippen LogP contribution in [0.5, 0.6) is 0 Å². The zero-order valence-corrected chi connectivity index (χ0v) is 17.4. The van der Waals surface area contributed by atoms with Gasteiger partial charge in [-0.05, 0) is 66.3 Å². The van der Waals surface area contributed by atoms with E-state index >= 15 is 0 Å². The topological polar surface area (TPSA) is 52.1 Å². The summed E-state index contributed by atoms with van der Waals surface area (Å²) in [5.41, 5.74) is 0.155. The van der Waals surface area contributed by atoms with Gasteiger partial charge in [-0.25, -0.2) is 0 Å². The van der Waals surface area contributed by atoms with Gasteiger partial charge in [0.15, 0.2) is 5.96 Å². The molecule has 1 atom stereocenters. The third-order valence-electron chi connectivity index (χ3n) is 5.57. The van der Waals surface area contributed by atoms with Gasteiger partial charge < -0.3 is 25.2 Å². The minimum atomic E-state index is 0.155. The fourth-order valence-corrected chi connectivity index (χ4v) is 3.44. The summed E-state index contributed by atoms with van der Waals surface area (Å²) in [6.07, 6.45) is 4.49. The van der Waals surface area contributed by atoms with Crippen LogP contribution in [0, 0.1) is 0 Å². The zero-order valence-electron chi connectivity index (χ0n) is 17.4. The van der Waals surface area contributed by atoms with E-state index in [-0.39, 0.29) is 5.54 Å². The van der Waals surface area contributed by atoms with Crippen molar-refractivity contribution in [1.29, 1.82) is 0 Å². The molecule has 6 heteroatoms. The molecule has 0 aliphatic carbocycles. The summed E-state index contributed by atoms with van der Waals surface area (Å²) < 4.78 is 5.55. The van der Waals surface area contributed by atoms with E-state index in [1.165, 1.54) is 13.0 Å². The van der Waals surface area contributed by atoms with Gasteiger partial charge >= 0.3 is 0 Å². The molecular formula is C19H41N5O. The molecule has 0 aromatic rings. The Morgan fingerprint density at radius 2 is 1.84 bits per heavy atom. The predicted molar refractivity (Wildman–Crippen MR) is 107 cm³/mol. The van der Waals surface area contributed by atoms with Crippen LogP contribution in [0.3, 0.4) is 0 Å². The van der Waals surface area contributed by atoms with Crippen molar-refractivity contribution in [2.45, 2.75) is 58.0 Å². The SMILES string of the molecule is CCN(CC)CCCC(C)NC(=NC)NCC1(N(C)C)CCOCC1. The van der Waals surface area contributed by atoms with Crippen molar-refractivity contribution in [1.82, 2.24) is 20.4 Å². The van der Waals surface area contributed by atoms with E-state index in [0.717, 1.165) is 58.1 Å². The number of hydrogen-bond donors (Lipinski definition) is 2. The number of aliphatic imine (C=N–C) groups is 1. The Morgan fingerprint density at radius 1 is 1.20 bits per heavy atom. The molecule has 0 spiro atoms. The number of nitrogens with zero attached hydrogens (tertiary/aromatic N) is 3. The molecule has 1 rings (SSSR count). The Balaban J connectivity index is 2.40. The Kier molecular flexibility index (Phi) is 10.4. The number of guanidine groups is 1. The standard InChI is InChI=1S/C19H41N5O/c1-7-24(8-2)13-9-10-17(3)22-18(20-4)21-16-19(23(5)6)11-14-25-15-12-19/h17H,7-16H2,1-6H3,(H2,20,21,22). The summed E-state index contributed by atoms with van der Waals surface area (Å²) in [6.45, 7) is 12.7. The van der Waals surface area contributed by atoms with Crippen molar-refractivity contribution < 1.29 is 4.74 Å². The van der Waals surface area contributed by atoms with E-state index in [1.54, 1.807) is 0 Å². The van der Waals surface area contributed by atoms with Gasteiger partial charge in [0.1, 0.15) is 0 Å². The maximum absolute atomic E-state index is 5.55. The summed E-state index contributed by atoms with van der Waals surface area (Å²) in [4.78, 5) is 9.23. The summed E-state index contributed by atoms with van der Waals surface area (Å²) in [5, 5.41) is 7.09. The van der Waals surface area contributed by atoms with Crippen LogP contribution in [0.1, 0.15) is 46.5 Å². The lowest BCUT2D eigenvalue weighted by Gasteiger charge is -2.43. The Labute approximate surface area is 155 Å². The van der Waals surface area contributed by atoms with E-state index in [2.05, 4.69) is 60.3 Å². The van der Waals surface area contributed by atoms with Crippen LogP contribution in [0.2, 0.25) is 0 Å². The quantitative estimate of drug-likeness (QED) is 0.462. The fraction of sp³-hybridized carbons (Fsp3) is 0.947. The highest BCUT2D eigenvalue weighted by Gasteiger charge is 2.34. The van der Waals surface area contributed by atoms with Crippen LogP contribution < -0.4 is 10.6 Å². The van der Waals surface area contributed by atoms with Crippen molar-refractivity contribution in [2.24, 2.45) is 4.99 Å². The van der Waals surface area contributed by atoms with Gasteiger partial charge in [-0.1, -0.05) is 13.8 Å². The van der Waals surface area contributed by atoms with Crippen LogP contribution in [-0.4, -0.2) is 87.9 Å². The molecule has 6 nitrogen and oxygen atoms in total. The molecule has 1 aliphatic heterocycles. The third kappa shape index (κ3) is 7.50.